The van der Waals surface area contributed by atoms with Gasteiger partial charge in [-0.15, -0.1) is 0 Å². The summed E-state index contributed by atoms with van der Waals surface area (Å²) >= 11 is 0. The number of hydrogen-bond acceptors (Lipinski definition) is 0. The van der Waals surface area contributed by atoms with Gasteiger partial charge in [0.15, 0.2) is 0 Å². The molecule has 0 aromatic carbocycles. The van der Waals surface area contributed by atoms with E-state index in [9.17, 15) is 0 Å². The molecule has 0 heteroatoms. The number of unbranched alkanes of at least 4 members (excludes halogenated alkanes) is 13. The molecule has 0 radical (unpaired) electrons. The molecule has 0 bridgehead atoms. The predicted molar refractivity (Wildman–Crippen MR) is 138 cm³/mol. The molecule has 4 atom stereocenters. The molecular weight excluding hydrogens is 360 g/mol. The Hall–Kier alpha value is 0. The van der Waals surface area contributed by atoms with Gasteiger partial charge in [-0.2, -0.15) is 0 Å². The Balaban J connectivity index is 1.75. The first-order chi connectivity index (χ1) is 14.7. The first kappa shape index (κ1) is 28.0. The van der Waals surface area contributed by atoms with Crippen molar-refractivity contribution in [1.82, 2.24) is 0 Å². The molecule has 0 nitrogen and oxygen atoms in total. The molecule has 0 amide bonds. The van der Waals surface area contributed by atoms with Crippen LogP contribution >= 0.6 is 0 Å². The Labute approximate surface area is 192 Å². The van der Waals surface area contributed by atoms with Gasteiger partial charge in [0.1, 0.15) is 0 Å². The van der Waals surface area contributed by atoms with Crippen molar-refractivity contribution in [2.75, 3.05) is 0 Å². The fourth-order valence-corrected chi connectivity index (χ4v) is 5.98. The van der Waals surface area contributed by atoms with E-state index >= 15 is 0 Å². The van der Waals surface area contributed by atoms with Crippen LogP contribution in [0.3, 0.4) is 0 Å². The molecule has 0 aromatic rings. The fraction of sp³-hybridized carbons (Fsp3) is 1.00. The molecule has 0 spiro atoms. The van der Waals surface area contributed by atoms with Crippen LogP contribution in [0.2, 0.25) is 0 Å². The standard InChI is InChI=1S/C30H60/c1-5-27(3)29(6-2)24-19-17-15-13-11-9-7-8-10-12-14-16-18-20-25-30-26-22-21-23-28(30)4/h27-30H,5-26H2,1-4H3/t27?,28-,29?,30?/m0/s1. The lowest BCUT2D eigenvalue weighted by molar-refractivity contribution is 0.236. The van der Waals surface area contributed by atoms with Gasteiger partial charge in [0, 0.05) is 0 Å². The van der Waals surface area contributed by atoms with Gasteiger partial charge in [-0.1, -0.05) is 169 Å². The van der Waals surface area contributed by atoms with E-state index in [4.69, 9.17) is 0 Å². The monoisotopic (exact) mass is 420 g/mol. The molecule has 3 unspecified atom stereocenters. The van der Waals surface area contributed by atoms with Crippen LogP contribution in [0.1, 0.15) is 169 Å². The van der Waals surface area contributed by atoms with Crippen LogP contribution in [0, 0.1) is 23.7 Å². The Kier molecular flexibility index (Phi) is 18.4. The highest BCUT2D eigenvalue weighted by molar-refractivity contribution is 4.72. The summed E-state index contributed by atoms with van der Waals surface area (Å²) in [7, 11) is 0. The highest BCUT2D eigenvalue weighted by Gasteiger charge is 2.20. The van der Waals surface area contributed by atoms with E-state index in [1.165, 1.54) is 141 Å². The summed E-state index contributed by atoms with van der Waals surface area (Å²) < 4.78 is 0. The maximum absolute atomic E-state index is 2.50. The summed E-state index contributed by atoms with van der Waals surface area (Å²) in [5.41, 5.74) is 0. The molecule has 0 N–H and O–H groups in total. The van der Waals surface area contributed by atoms with E-state index in [0.717, 1.165) is 23.7 Å². The molecular formula is C30H60. The highest BCUT2D eigenvalue weighted by atomic mass is 14.3. The lowest BCUT2D eigenvalue weighted by atomic mass is 9.78. The van der Waals surface area contributed by atoms with E-state index in [1.54, 1.807) is 0 Å². The van der Waals surface area contributed by atoms with Crippen LogP contribution in [-0.2, 0) is 0 Å². The van der Waals surface area contributed by atoms with Crippen LogP contribution in [-0.4, -0.2) is 0 Å². The van der Waals surface area contributed by atoms with E-state index < -0.39 is 0 Å². The van der Waals surface area contributed by atoms with Gasteiger partial charge in [-0.3, -0.25) is 0 Å². The quantitative estimate of drug-likeness (QED) is 0.172. The van der Waals surface area contributed by atoms with Gasteiger partial charge in [-0.05, 0) is 23.7 Å². The zero-order chi connectivity index (χ0) is 21.9. The third-order valence-corrected chi connectivity index (χ3v) is 8.66. The van der Waals surface area contributed by atoms with Crippen molar-refractivity contribution in [2.45, 2.75) is 169 Å². The predicted octanol–water partition coefficient (Wildman–Crippen LogP) is 11.1. The summed E-state index contributed by atoms with van der Waals surface area (Å²) in [4.78, 5) is 0. The lowest BCUT2D eigenvalue weighted by Gasteiger charge is -2.28. The minimum atomic E-state index is 0.931. The van der Waals surface area contributed by atoms with Crippen molar-refractivity contribution in [3.63, 3.8) is 0 Å². The molecule has 1 saturated carbocycles. The second-order valence-corrected chi connectivity index (χ2v) is 11.1. The fourth-order valence-electron chi connectivity index (χ4n) is 5.98. The summed E-state index contributed by atoms with van der Waals surface area (Å²) in [6.07, 6.45) is 32.6. The van der Waals surface area contributed by atoms with Crippen molar-refractivity contribution in [3.8, 4) is 0 Å². The summed E-state index contributed by atoms with van der Waals surface area (Å²) in [5, 5.41) is 0. The average Bonchev–Trinajstić information content (AvgIpc) is 2.76. The van der Waals surface area contributed by atoms with E-state index in [-0.39, 0.29) is 0 Å². The van der Waals surface area contributed by atoms with Crippen molar-refractivity contribution in [3.05, 3.63) is 0 Å². The van der Waals surface area contributed by atoms with Gasteiger partial charge in [0.25, 0.3) is 0 Å². The van der Waals surface area contributed by atoms with Crippen LogP contribution in [0.4, 0.5) is 0 Å². The molecule has 180 valence electrons. The molecule has 0 heterocycles. The third kappa shape index (κ3) is 14.1. The Morgan fingerprint density at radius 3 is 1.53 bits per heavy atom. The van der Waals surface area contributed by atoms with Gasteiger partial charge in [0.2, 0.25) is 0 Å². The lowest BCUT2D eigenvalue weighted by Crippen LogP contribution is -2.16. The molecule has 0 saturated heterocycles. The van der Waals surface area contributed by atoms with Gasteiger partial charge in [0.05, 0.1) is 0 Å². The number of rotatable bonds is 20. The van der Waals surface area contributed by atoms with Crippen molar-refractivity contribution < 1.29 is 0 Å². The maximum Gasteiger partial charge on any atom is -0.0388 e. The van der Waals surface area contributed by atoms with E-state index in [1.807, 2.05) is 0 Å². The second kappa shape index (κ2) is 19.7. The third-order valence-electron chi connectivity index (χ3n) is 8.66. The van der Waals surface area contributed by atoms with Crippen LogP contribution in [0.15, 0.2) is 0 Å². The summed E-state index contributed by atoms with van der Waals surface area (Å²) in [6.45, 7) is 9.69. The van der Waals surface area contributed by atoms with Crippen LogP contribution in [0.25, 0.3) is 0 Å². The Morgan fingerprint density at radius 1 is 0.600 bits per heavy atom. The highest BCUT2D eigenvalue weighted by Crippen LogP contribution is 2.33. The Morgan fingerprint density at radius 2 is 1.07 bits per heavy atom. The summed E-state index contributed by atoms with van der Waals surface area (Å²) in [5.74, 6) is 3.99. The van der Waals surface area contributed by atoms with E-state index in [2.05, 4.69) is 27.7 Å². The van der Waals surface area contributed by atoms with Crippen LogP contribution < -0.4 is 0 Å². The maximum atomic E-state index is 2.50. The normalized spacial score (nSPS) is 21.6. The second-order valence-electron chi connectivity index (χ2n) is 11.1. The molecule has 30 heavy (non-hydrogen) atoms. The molecule has 0 aliphatic heterocycles. The zero-order valence-electron chi connectivity index (χ0n) is 21.9. The van der Waals surface area contributed by atoms with Gasteiger partial charge < -0.3 is 0 Å². The molecule has 1 rings (SSSR count). The van der Waals surface area contributed by atoms with Crippen molar-refractivity contribution in [2.24, 2.45) is 23.7 Å². The molecule has 0 aromatic heterocycles. The minimum Gasteiger partial charge on any atom is -0.0651 e. The molecule has 1 fully saturated rings. The number of hydrogen-bond donors (Lipinski definition) is 0. The van der Waals surface area contributed by atoms with Gasteiger partial charge >= 0.3 is 0 Å². The topological polar surface area (TPSA) is 0 Å². The summed E-state index contributed by atoms with van der Waals surface area (Å²) in [6, 6.07) is 0. The largest absolute Gasteiger partial charge is 0.0651 e. The van der Waals surface area contributed by atoms with Crippen molar-refractivity contribution >= 4 is 0 Å². The molecule has 1 aliphatic rings. The first-order valence-corrected chi connectivity index (χ1v) is 14.7. The van der Waals surface area contributed by atoms with Gasteiger partial charge in [-0.25, -0.2) is 0 Å². The first-order valence-electron chi connectivity index (χ1n) is 14.7. The van der Waals surface area contributed by atoms with Crippen molar-refractivity contribution in [1.29, 1.82) is 0 Å². The SMILES string of the molecule is CCC(C)C(CC)CCCCCCCCCCCCCCCCC1CCCC[C@@H]1C. The van der Waals surface area contributed by atoms with E-state index in [0.29, 0.717) is 0 Å². The molecule has 1 aliphatic carbocycles. The Bertz CT molecular complexity index is 326. The zero-order valence-corrected chi connectivity index (χ0v) is 21.9. The average molecular weight is 421 g/mol. The minimum absolute atomic E-state index is 0.931. The smallest absolute Gasteiger partial charge is 0.0388 e. The van der Waals surface area contributed by atoms with Crippen LogP contribution in [0.5, 0.6) is 0 Å².